The van der Waals surface area contributed by atoms with E-state index in [0.717, 1.165) is 18.4 Å². The van der Waals surface area contributed by atoms with Gasteiger partial charge in [-0.25, -0.2) is 4.79 Å². The summed E-state index contributed by atoms with van der Waals surface area (Å²) in [5.74, 6) is -0.529. The van der Waals surface area contributed by atoms with Crippen LogP contribution in [0.5, 0.6) is 0 Å². The van der Waals surface area contributed by atoms with Crippen LogP contribution in [-0.2, 0) is 20.7 Å². The second-order valence-corrected chi connectivity index (χ2v) is 4.94. The summed E-state index contributed by atoms with van der Waals surface area (Å²) in [6, 6.07) is 7.46. The number of hydrogen-bond acceptors (Lipinski definition) is 3. The van der Waals surface area contributed by atoms with Crippen LogP contribution in [0.4, 0.5) is 0 Å². The zero-order valence-corrected chi connectivity index (χ0v) is 11.6. The second kappa shape index (κ2) is 5.43. The number of hydrogen-bond donors (Lipinski definition) is 0. The fourth-order valence-electron chi connectivity index (χ4n) is 2.58. The van der Waals surface area contributed by atoms with Crippen LogP contribution < -0.4 is 0 Å². The molecule has 4 heteroatoms. The molecule has 0 spiro atoms. The Morgan fingerprint density at radius 2 is 2.05 bits per heavy atom. The number of fused-ring (bicyclic) bond motifs is 1. The van der Waals surface area contributed by atoms with Crippen molar-refractivity contribution in [3.63, 3.8) is 0 Å². The number of benzene rings is 1. The molecule has 0 bridgehead atoms. The number of nitrogens with zero attached hydrogens (tertiary/aromatic N) is 1. The van der Waals surface area contributed by atoms with Crippen molar-refractivity contribution in [2.24, 2.45) is 0 Å². The number of ether oxygens (including phenoxy) is 1. The van der Waals surface area contributed by atoms with Crippen LogP contribution in [0.1, 0.15) is 30.4 Å². The van der Waals surface area contributed by atoms with E-state index in [1.165, 1.54) is 17.6 Å². The summed E-state index contributed by atoms with van der Waals surface area (Å²) >= 11 is 0. The van der Waals surface area contributed by atoms with Gasteiger partial charge < -0.3 is 9.64 Å². The quantitative estimate of drug-likeness (QED) is 0.779. The largest absolute Gasteiger partial charge is 0.467 e. The van der Waals surface area contributed by atoms with Gasteiger partial charge in [-0.2, -0.15) is 0 Å². The summed E-state index contributed by atoms with van der Waals surface area (Å²) in [6.07, 6.45) is 1.74. The average Bonchev–Trinajstić information content (AvgIpc) is 2.87. The number of esters is 1. The highest BCUT2D eigenvalue weighted by Crippen LogP contribution is 2.34. The van der Waals surface area contributed by atoms with Crippen molar-refractivity contribution in [3.8, 4) is 0 Å². The van der Waals surface area contributed by atoms with E-state index in [-0.39, 0.29) is 17.8 Å². The van der Waals surface area contributed by atoms with Crippen LogP contribution in [0.25, 0.3) is 0 Å². The molecule has 19 heavy (non-hydrogen) atoms. The molecule has 0 fully saturated rings. The molecule has 4 nitrogen and oxygen atoms in total. The summed E-state index contributed by atoms with van der Waals surface area (Å²) in [5.41, 5.74) is 2.33. The minimum atomic E-state index is -0.551. The van der Waals surface area contributed by atoms with Crippen molar-refractivity contribution in [1.82, 2.24) is 4.90 Å². The van der Waals surface area contributed by atoms with Crippen molar-refractivity contribution in [2.45, 2.75) is 31.7 Å². The molecule has 0 heterocycles. The molecule has 2 rings (SSSR count). The standard InChI is InChI=1S/C15H19NO3/c1-10(15(18)19-3)16(2)14(17)13-9-8-11-6-4-5-7-12(11)13/h4-7,10,13H,8-9H2,1-3H3. The maximum Gasteiger partial charge on any atom is 0.328 e. The van der Waals surface area contributed by atoms with E-state index in [2.05, 4.69) is 10.8 Å². The molecular formula is C15H19NO3. The Labute approximate surface area is 113 Å². The first-order valence-electron chi connectivity index (χ1n) is 6.48. The zero-order chi connectivity index (χ0) is 14.0. The van der Waals surface area contributed by atoms with Crippen molar-refractivity contribution in [1.29, 1.82) is 0 Å². The summed E-state index contributed by atoms with van der Waals surface area (Å²) in [7, 11) is 2.99. The molecule has 0 radical (unpaired) electrons. The predicted molar refractivity (Wildman–Crippen MR) is 71.8 cm³/mol. The average molecular weight is 261 g/mol. The van der Waals surface area contributed by atoms with E-state index in [9.17, 15) is 9.59 Å². The Bertz CT molecular complexity index is 498. The van der Waals surface area contributed by atoms with Crippen molar-refractivity contribution in [3.05, 3.63) is 35.4 Å². The van der Waals surface area contributed by atoms with Crippen LogP contribution >= 0.6 is 0 Å². The van der Waals surface area contributed by atoms with Crippen molar-refractivity contribution >= 4 is 11.9 Å². The number of methoxy groups -OCH3 is 1. The van der Waals surface area contributed by atoms with Crippen LogP contribution in [0.15, 0.2) is 24.3 Å². The van der Waals surface area contributed by atoms with E-state index in [1.807, 2.05) is 18.2 Å². The van der Waals surface area contributed by atoms with E-state index >= 15 is 0 Å². The minimum Gasteiger partial charge on any atom is -0.467 e. The molecule has 1 aromatic rings. The smallest absolute Gasteiger partial charge is 0.328 e. The predicted octanol–water partition coefficient (Wildman–Crippen LogP) is 1.74. The Kier molecular flexibility index (Phi) is 3.88. The number of amides is 1. The van der Waals surface area contributed by atoms with Gasteiger partial charge in [0.05, 0.1) is 13.0 Å². The second-order valence-electron chi connectivity index (χ2n) is 4.94. The molecule has 1 aromatic carbocycles. The van der Waals surface area contributed by atoms with Gasteiger partial charge in [-0.05, 0) is 30.9 Å². The van der Waals surface area contributed by atoms with E-state index in [1.54, 1.807) is 14.0 Å². The van der Waals surface area contributed by atoms with E-state index in [4.69, 9.17) is 0 Å². The summed E-state index contributed by atoms with van der Waals surface area (Å²) in [5, 5.41) is 0. The molecule has 1 aliphatic rings. The third-order valence-electron chi connectivity index (χ3n) is 3.90. The number of likely N-dealkylation sites (N-methyl/N-ethyl adjacent to an activating group) is 1. The van der Waals surface area contributed by atoms with Crippen LogP contribution in [-0.4, -0.2) is 37.0 Å². The number of carbonyl (C=O) groups is 2. The van der Waals surface area contributed by atoms with Gasteiger partial charge in [0, 0.05) is 7.05 Å². The van der Waals surface area contributed by atoms with E-state index < -0.39 is 6.04 Å². The number of carbonyl (C=O) groups excluding carboxylic acids is 2. The summed E-state index contributed by atoms with van der Waals surface area (Å²) in [4.78, 5) is 25.5. The molecule has 0 saturated carbocycles. The SMILES string of the molecule is COC(=O)C(C)N(C)C(=O)C1CCc2ccccc21. The molecule has 0 aliphatic heterocycles. The van der Waals surface area contributed by atoms with Crippen LogP contribution in [0.3, 0.4) is 0 Å². The molecule has 2 unspecified atom stereocenters. The Morgan fingerprint density at radius 1 is 1.37 bits per heavy atom. The molecular weight excluding hydrogens is 242 g/mol. The normalized spacial score (nSPS) is 18.6. The molecule has 0 N–H and O–H groups in total. The van der Waals surface area contributed by atoms with Gasteiger partial charge in [0.15, 0.2) is 0 Å². The van der Waals surface area contributed by atoms with Crippen molar-refractivity contribution in [2.75, 3.05) is 14.2 Å². The number of aryl methyl sites for hydroxylation is 1. The maximum absolute atomic E-state index is 12.5. The third kappa shape index (κ3) is 2.48. The van der Waals surface area contributed by atoms with Gasteiger partial charge in [-0.15, -0.1) is 0 Å². The lowest BCUT2D eigenvalue weighted by Gasteiger charge is -2.26. The Hall–Kier alpha value is -1.84. The topological polar surface area (TPSA) is 46.6 Å². The lowest BCUT2D eigenvalue weighted by atomic mass is 9.99. The van der Waals surface area contributed by atoms with Gasteiger partial charge in [0.2, 0.25) is 5.91 Å². The molecule has 0 saturated heterocycles. The highest BCUT2D eigenvalue weighted by atomic mass is 16.5. The van der Waals surface area contributed by atoms with Crippen LogP contribution in [0, 0.1) is 0 Å². The maximum atomic E-state index is 12.5. The number of rotatable bonds is 3. The highest BCUT2D eigenvalue weighted by molar-refractivity contribution is 5.89. The molecule has 102 valence electrons. The first-order valence-corrected chi connectivity index (χ1v) is 6.48. The van der Waals surface area contributed by atoms with Gasteiger partial charge in [-0.3, -0.25) is 4.79 Å². The van der Waals surface area contributed by atoms with Crippen LogP contribution in [0.2, 0.25) is 0 Å². The van der Waals surface area contributed by atoms with Gasteiger partial charge in [-0.1, -0.05) is 24.3 Å². The Balaban J connectivity index is 2.16. The van der Waals surface area contributed by atoms with Crippen molar-refractivity contribution < 1.29 is 14.3 Å². The summed E-state index contributed by atoms with van der Waals surface area (Å²) < 4.78 is 4.68. The molecule has 0 aromatic heterocycles. The van der Waals surface area contributed by atoms with E-state index in [0.29, 0.717) is 0 Å². The first-order chi connectivity index (χ1) is 9.06. The first kappa shape index (κ1) is 13.6. The van der Waals surface area contributed by atoms with Gasteiger partial charge in [0.1, 0.15) is 6.04 Å². The van der Waals surface area contributed by atoms with Gasteiger partial charge in [0.25, 0.3) is 0 Å². The lowest BCUT2D eigenvalue weighted by molar-refractivity contribution is -0.151. The zero-order valence-electron chi connectivity index (χ0n) is 11.6. The fraction of sp³-hybridized carbons (Fsp3) is 0.467. The minimum absolute atomic E-state index is 0.0112. The molecule has 1 aliphatic carbocycles. The monoisotopic (exact) mass is 261 g/mol. The lowest BCUT2D eigenvalue weighted by Crippen LogP contribution is -2.42. The molecule has 1 amide bonds. The highest BCUT2D eigenvalue weighted by Gasteiger charge is 2.33. The molecule has 2 atom stereocenters. The van der Waals surface area contributed by atoms with Gasteiger partial charge >= 0.3 is 5.97 Å². The summed E-state index contributed by atoms with van der Waals surface area (Å²) in [6.45, 7) is 1.69. The fourth-order valence-corrected chi connectivity index (χ4v) is 2.58. The Morgan fingerprint density at radius 3 is 2.74 bits per heavy atom. The third-order valence-corrected chi connectivity index (χ3v) is 3.90.